The lowest BCUT2D eigenvalue weighted by Gasteiger charge is -2.43. The lowest BCUT2D eigenvalue weighted by molar-refractivity contribution is -0.129. The van der Waals surface area contributed by atoms with E-state index in [0.717, 1.165) is 17.1 Å². The van der Waals surface area contributed by atoms with Gasteiger partial charge in [0.15, 0.2) is 0 Å². The van der Waals surface area contributed by atoms with Crippen molar-refractivity contribution in [3.05, 3.63) is 67.3 Å². The van der Waals surface area contributed by atoms with Crippen LogP contribution in [0.2, 0.25) is 0 Å². The molecule has 0 unspecified atom stereocenters. The summed E-state index contributed by atoms with van der Waals surface area (Å²) in [6.07, 6.45) is 1.50. The number of hydrogen-bond acceptors (Lipinski definition) is 4. The molecule has 0 bridgehead atoms. The largest absolute Gasteiger partial charge is 0.361 e. The maximum Gasteiger partial charge on any atom is 0.241 e. The van der Waals surface area contributed by atoms with Gasteiger partial charge in [0.25, 0.3) is 0 Å². The first-order valence-electron chi connectivity index (χ1n) is 8.75. The van der Waals surface area contributed by atoms with E-state index in [9.17, 15) is 9.59 Å². The third kappa shape index (κ3) is 2.39. The number of hydrogen-bond donors (Lipinski definition) is 1. The summed E-state index contributed by atoms with van der Waals surface area (Å²) in [5.41, 5.74) is 2.73. The molecule has 2 aliphatic heterocycles. The Morgan fingerprint density at radius 2 is 1.85 bits per heavy atom. The van der Waals surface area contributed by atoms with E-state index in [0.29, 0.717) is 6.54 Å². The summed E-state index contributed by atoms with van der Waals surface area (Å²) in [7, 11) is 0. The minimum Gasteiger partial charge on any atom is -0.361 e. The van der Waals surface area contributed by atoms with E-state index in [1.807, 2.05) is 60.7 Å². The summed E-state index contributed by atoms with van der Waals surface area (Å²) in [4.78, 5) is 29.5. The molecular formula is C21H21N3O2. The summed E-state index contributed by atoms with van der Waals surface area (Å²) in [5, 5.41) is 3.49. The van der Waals surface area contributed by atoms with Crippen molar-refractivity contribution in [3.8, 4) is 0 Å². The third-order valence-electron chi connectivity index (χ3n) is 5.12. The molecular weight excluding hydrogens is 326 g/mol. The van der Waals surface area contributed by atoms with Crippen LogP contribution in [0, 0.1) is 5.92 Å². The Morgan fingerprint density at radius 3 is 2.54 bits per heavy atom. The minimum absolute atomic E-state index is 0.112. The van der Waals surface area contributed by atoms with E-state index in [1.165, 1.54) is 6.92 Å². The summed E-state index contributed by atoms with van der Waals surface area (Å²) in [6.45, 7) is 5.93. The van der Waals surface area contributed by atoms with Crippen molar-refractivity contribution in [2.75, 3.05) is 21.7 Å². The van der Waals surface area contributed by atoms with Gasteiger partial charge >= 0.3 is 0 Å². The molecule has 2 heterocycles. The van der Waals surface area contributed by atoms with Crippen LogP contribution < -0.4 is 15.1 Å². The SMILES string of the molecule is C=CCN1c2ccccc2N[C@@H]2[C@H]1[C@@H](C(C)=O)C(=O)N2c1ccccc1. The highest BCUT2D eigenvalue weighted by Crippen LogP contribution is 2.43. The van der Waals surface area contributed by atoms with Crippen molar-refractivity contribution in [3.63, 3.8) is 0 Å². The lowest BCUT2D eigenvalue weighted by Crippen LogP contribution is -2.55. The molecule has 1 fully saturated rings. The fourth-order valence-corrected chi connectivity index (χ4v) is 4.08. The maximum atomic E-state index is 13.2. The van der Waals surface area contributed by atoms with Crippen molar-refractivity contribution >= 4 is 28.8 Å². The van der Waals surface area contributed by atoms with E-state index in [4.69, 9.17) is 0 Å². The molecule has 0 saturated carbocycles. The molecule has 2 aliphatic rings. The Labute approximate surface area is 152 Å². The van der Waals surface area contributed by atoms with Crippen LogP contribution in [-0.4, -0.2) is 30.4 Å². The second kappa shape index (κ2) is 6.33. The van der Waals surface area contributed by atoms with Crippen molar-refractivity contribution in [1.29, 1.82) is 0 Å². The predicted octanol–water partition coefficient (Wildman–Crippen LogP) is 3.05. The lowest BCUT2D eigenvalue weighted by atomic mass is 9.93. The van der Waals surface area contributed by atoms with Crippen LogP contribution in [0.15, 0.2) is 67.3 Å². The summed E-state index contributed by atoms with van der Waals surface area (Å²) < 4.78 is 0. The van der Waals surface area contributed by atoms with Gasteiger partial charge in [0.2, 0.25) is 5.91 Å². The second-order valence-electron chi connectivity index (χ2n) is 6.67. The van der Waals surface area contributed by atoms with Gasteiger partial charge in [-0.25, -0.2) is 0 Å². The fourth-order valence-electron chi connectivity index (χ4n) is 4.08. The van der Waals surface area contributed by atoms with E-state index in [2.05, 4.69) is 16.8 Å². The van der Waals surface area contributed by atoms with Crippen LogP contribution in [0.3, 0.4) is 0 Å². The van der Waals surface area contributed by atoms with Gasteiger partial charge < -0.3 is 10.2 Å². The minimum atomic E-state index is -0.707. The molecule has 5 nitrogen and oxygen atoms in total. The first kappa shape index (κ1) is 16.4. The quantitative estimate of drug-likeness (QED) is 0.682. The molecule has 1 saturated heterocycles. The molecule has 4 rings (SSSR count). The molecule has 26 heavy (non-hydrogen) atoms. The fraction of sp³-hybridized carbons (Fsp3) is 0.238. The molecule has 3 atom stereocenters. The number of Topliss-reactive ketones (excluding diaryl/α,β-unsaturated/α-hetero) is 1. The molecule has 2 aromatic carbocycles. The van der Waals surface area contributed by atoms with Crippen LogP contribution in [0.4, 0.5) is 17.1 Å². The van der Waals surface area contributed by atoms with Crippen LogP contribution >= 0.6 is 0 Å². The van der Waals surface area contributed by atoms with Gasteiger partial charge in [-0.05, 0) is 31.2 Å². The van der Waals surface area contributed by atoms with Crippen molar-refractivity contribution in [2.24, 2.45) is 5.92 Å². The number of rotatable bonds is 4. The first-order chi connectivity index (χ1) is 12.6. The molecule has 0 spiro atoms. The molecule has 0 aliphatic carbocycles. The summed E-state index contributed by atoms with van der Waals surface area (Å²) in [5.74, 6) is -0.979. The molecule has 5 heteroatoms. The average Bonchev–Trinajstić information content (AvgIpc) is 2.94. The molecule has 132 valence electrons. The number of nitrogens with one attached hydrogen (secondary N) is 1. The van der Waals surface area contributed by atoms with Crippen LogP contribution in [0.1, 0.15) is 6.92 Å². The normalized spacial score (nSPS) is 23.9. The Hall–Kier alpha value is -3.08. The molecule has 2 aromatic rings. The van der Waals surface area contributed by atoms with Crippen molar-refractivity contribution in [1.82, 2.24) is 0 Å². The van der Waals surface area contributed by atoms with Gasteiger partial charge in [-0.3, -0.25) is 14.5 Å². The number of ketones is 1. The summed E-state index contributed by atoms with van der Waals surface area (Å²) in [6, 6.07) is 17.2. The van der Waals surface area contributed by atoms with E-state index >= 15 is 0 Å². The highest BCUT2D eigenvalue weighted by atomic mass is 16.2. The van der Waals surface area contributed by atoms with Gasteiger partial charge in [0.05, 0.1) is 17.4 Å². The Bertz CT molecular complexity index is 865. The Morgan fingerprint density at radius 1 is 1.15 bits per heavy atom. The van der Waals surface area contributed by atoms with Crippen LogP contribution in [-0.2, 0) is 9.59 Å². The molecule has 0 radical (unpaired) electrons. The zero-order valence-corrected chi connectivity index (χ0v) is 14.6. The van der Waals surface area contributed by atoms with Crippen molar-refractivity contribution < 1.29 is 9.59 Å². The average molecular weight is 347 g/mol. The second-order valence-corrected chi connectivity index (χ2v) is 6.67. The number of anilines is 3. The maximum absolute atomic E-state index is 13.2. The number of fused-ring (bicyclic) bond motifs is 2. The number of nitrogens with zero attached hydrogens (tertiary/aromatic N) is 2. The molecule has 1 amide bonds. The number of para-hydroxylation sites is 3. The topological polar surface area (TPSA) is 52.7 Å². The summed E-state index contributed by atoms with van der Waals surface area (Å²) >= 11 is 0. The highest BCUT2D eigenvalue weighted by molar-refractivity contribution is 6.12. The number of benzene rings is 2. The first-order valence-corrected chi connectivity index (χ1v) is 8.75. The highest BCUT2D eigenvalue weighted by Gasteiger charge is 2.55. The molecule has 1 N–H and O–H groups in total. The van der Waals surface area contributed by atoms with Gasteiger partial charge in [-0.2, -0.15) is 0 Å². The zero-order valence-electron chi connectivity index (χ0n) is 14.6. The van der Waals surface area contributed by atoms with E-state index in [1.54, 1.807) is 4.90 Å². The van der Waals surface area contributed by atoms with E-state index in [-0.39, 0.29) is 23.9 Å². The van der Waals surface area contributed by atoms with Crippen LogP contribution in [0.25, 0.3) is 0 Å². The number of carbonyl (C=O) groups is 2. The Balaban J connectivity index is 1.87. The van der Waals surface area contributed by atoms with Crippen molar-refractivity contribution in [2.45, 2.75) is 19.1 Å². The third-order valence-corrected chi connectivity index (χ3v) is 5.12. The van der Waals surface area contributed by atoms with Gasteiger partial charge in [0, 0.05) is 12.2 Å². The number of amides is 1. The smallest absolute Gasteiger partial charge is 0.241 e. The van der Waals surface area contributed by atoms with Gasteiger partial charge in [0.1, 0.15) is 17.9 Å². The predicted molar refractivity (Wildman–Crippen MR) is 103 cm³/mol. The number of carbonyl (C=O) groups excluding carboxylic acids is 2. The van der Waals surface area contributed by atoms with Crippen LogP contribution in [0.5, 0.6) is 0 Å². The zero-order chi connectivity index (χ0) is 18.3. The molecule has 0 aromatic heterocycles. The standard InChI is InChI=1S/C21H21N3O2/c1-3-13-23-17-12-8-7-11-16(17)22-20-19(23)18(14(2)25)21(26)24(20)15-9-5-4-6-10-15/h3-12,18-20,22H,1,13H2,2H3/t18-,19-,20+/m1/s1. The Kier molecular flexibility index (Phi) is 3.99. The monoisotopic (exact) mass is 347 g/mol. The van der Waals surface area contributed by atoms with E-state index < -0.39 is 5.92 Å². The van der Waals surface area contributed by atoms with Gasteiger partial charge in [-0.1, -0.05) is 36.4 Å². The van der Waals surface area contributed by atoms with Gasteiger partial charge in [-0.15, -0.1) is 6.58 Å².